The first kappa shape index (κ1) is 17.0. The van der Waals surface area contributed by atoms with E-state index in [0.29, 0.717) is 11.5 Å². The third-order valence-electron chi connectivity index (χ3n) is 5.44. The standard InChI is InChI=1S/C18H23F2NO3/c1-10(14-8-11-3-4-12(14)7-11)21-17(22)13-5-6-15(24-18(19)20)16(9-13)23-2/h5-6,9-12,14,18H,3-4,7-8H2,1-2H3,(H,21,22). The molecule has 4 atom stereocenters. The van der Waals surface area contributed by atoms with Gasteiger partial charge in [0.15, 0.2) is 11.5 Å². The van der Waals surface area contributed by atoms with Crippen molar-refractivity contribution in [3.8, 4) is 11.5 Å². The number of alkyl halides is 2. The summed E-state index contributed by atoms with van der Waals surface area (Å²) < 4.78 is 34.1. The number of hydrogen-bond acceptors (Lipinski definition) is 3. The first-order valence-electron chi connectivity index (χ1n) is 8.41. The van der Waals surface area contributed by atoms with E-state index >= 15 is 0 Å². The molecule has 0 aromatic heterocycles. The minimum Gasteiger partial charge on any atom is -0.493 e. The van der Waals surface area contributed by atoms with E-state index in [-0.39, 0.29) is 23.4 Å². The second kappa shape index (κ2) is 6.95. The SMILES string of the molecule is COc1cc(C(=O)NC(C)C2CC3CCC2C3)ccc1OC(F)F. The number of benzene rings is 1. The summed E-state index contributed by atoms with van der Waals surface area (Å²) in [6.45, 7) is -0.884. The molecule has 2 saturated carbocycles. The van der Waals surface area contributed by atoms with Crippen LogP contribution in [-0.2, 0) is 0 Å². The van der Waals surface area contributed by atoms with E-state index in [0.717, 1.165) is 11.8 Å². The van der Waals surface area contributed by atoms with Crippen LogP contribution in [0.4, 0.5) is 8.78 Å². The molecule has 1 N–H and O–H groups in total. The Morgan fingerprint density at radius 1 is 1.25 bits per heavy atom. The van der Waals surface area contributed by atoms with E-state index in [1.165, 1.54) is 51.0 Å². The Hall–Kier alpha value is -1.85. The van der Waals surface area contributed by atoms with Crippen molar-refractivity contribution in [3.63, 3.8) is 0 Å². The van der Waals surface area contributed by atoms with Crippen molar-refractivity contribution in [2.24, 2.45) is 17.8 Å². The van der Waals surface area contributed by atoms with Gasteiger partial charge in [-0.25, -0.2) is 0 Å². The summed E-state index contributed by atoms with van der Waals surface area (Å²) in [4.78, 5) is 12.5. The highest BCUT2D eigenvalue weighted by Crippen LogP contribution is 2.49. The van der Waals surface area contributed by atoms with Crippen LogP contribution in [0.1, 0.15) is 43.0 Å². The highest BCUT2D eigenvalue weighted by molar-refractivity contribution is 5.95. The van der Waals surface area contributed by atoms with Crippen LogP contribution >= 0.6 is 0 Å². The third kappa shape index (κ3) is 3.47. The smallest absolute Gasteiger partial charge is 0.387 e. The summed E-state index contributed by atoms with van der Waals surface area (Å²) in [6.07, 6.45) is 5.07. The molecule has 2 aliphatic carbocycles. The first-order valence-corrected chi connectivity index (χ1v) is 8.41. The fraction of sp³-hybridized carbons (Fsp3) is 0.611. The van der Waals surface area contributed by atoms with Gasteiger partial charge in [0.2, 0.25) is 0 Å². The number of methoxy groups -OCH3 is 1. The van der Waals surface area contributed by atoms with Crippen molar-refractivity contribution in [2.45, 2.75) is 45.3 Å². The van der Waals surface area contributed by atoms with Crippen LogP contribution in [0.5, 0.6) is 11.5 Å². The van der Waals surface area contributed by atoms with Gasteiger partial charge in [-0.3, -0.25) is 4.79 Å². The number of nitrogens with one attached hydrogen (secondary N) is 1. The van der Waals surface area contributed by atoms with E-state index < -0.39 is 6.61 Å². The maximum Gasteiger partial charge on any atom is 0.387 e. The van der Waals surface area contributed by atoms with Crippen molar-refractivity contribution < 1.29 is 23.0 Å². The predicted octanol–water partition coefficient (Wildman–Crippen LogP) is 3.85. The number of carbonyl (C=O) groups is 1. The number of halogens is 2. The molecule has 2 aliphatic rings. The molecule has 1 aromatic carbocycles. The Morgan fingerprint density at radius 3 is 2.62 bits per heavy atom. The molecule has 1 amide bonds. The van der Waals surface area contributed by atoms with E-state index in [1.54, 1.807) is 0 Å². The monoisotopic (exact) mass is 339 g/mol. The van der Waals surface area contributed by atoms with Gasteiger partial charge < -0.3 is 14.8 Å². The number of fused-ring (bicyclic) bond motifs is 2. The van der Waals surface area contributed by atoms with Crippen molar-refractivity contribution in [1.29, 1.82) is 0 Å². The van der Waals surface area contributed by atoms with E-state index in [2.05, 4.69) is 17.0 Å². The zero-order valence-electron chi connectivity index (χ0n) is 13.9. The second-order valence-corrected chi connectivity index (χ2v) is 6.84. The predicted molar refractivity (Wildman–Crippen MR) is 85.5 cm³/mol. The molecule has 2 bridgehead atoms. The minimum absolute atomic E-state index is 0.0785. The van der Waals surface area contributed by atoms with E-state index in [9.17, 15) is 13.6 Å². The maximum atomic E-state index is 12.5. The van der Waals surface area contributed by atoms with Crippen molar-refractivity contribution in [2.75, 3.05) is 7.11 Å². The summed E-state index contributed by atoms with van der Waals surface area (Å²) in [7, 11) is 1.35. The zero-order chi connectivity index (χ0) is 17.3. The lowest BCUT2D eigenvalue weighted by molar-refractivity contribution is -0.0512. The van der Waals surface area contributed by atoms with Crippen LogP contribution in [0.3, 0.4) is 0 Å². The summed E-state index contributed by atoms with van der Waals surface area (Å²) >= 11 is 0. The third-order valence-corrected chi connectivity index (χ3v) is 5.44. The Bertz CT molecular complexity index is 608. The van der Waals surface area contributed by atoms with Gasteiger partial charge in [-0.15, -0.1) is 0 Å². The Balaban J connectivity index is 1.66. The number of hydrogen-bond donors (Lipinski definition) is 1. The quantitative estimate of drug-likeness (QED) is 0.856. The van der Waals surface area contributed by atoms with Gasteiger partial charge >= 0.3 is 6.61 Å². The van der Waals surface area contributed by atoms with Crippen molar-refractivity contribution in [3.05, 3.63) is 23.8 Å². The molecule has 2 fully saturated rings. The van der Waals surface area contributed by atoms with E-state index in [1.807, 2.05) is 0 Å². The summed E-state index contributed by atoms with van der Waals surface area (Å²) in [5, 5.41) is 3.05. The van der Waals surface area contributed by atoms with Gasteiger partial charge in [0.1, 0.15) is 0 Å². The summed E-state index contributed by atoms with van der Waals surface area (Å²) in [6, 6.07) is 4.35. The molecule has 4 unspecified atom stereocenters. The molecule has 0 spiro atoms. The van der Waals surface area contributed by atoms with Crippen molar-refractivity contribution >= 4 is 5.91 Å². The molecule has 1 aromatic rings. The molecule has 0 heterocycles. The first-order chi connectivity index (χ1) is 11.5. The molecule has 132 valence electrons. The van der Waals surface area contributed by atoms with Crippen LogP contribution in [-0.4, -0.2) is 25.7 Å². The Kier molecular flexibility index (Phi) is 4.92. The molecular weight excluding hydrogens is 316 g/mol. The number of carbonyl (C=O) groups excluding carboxylic acids is 1. The molecule has 0 saturated heterocycles. The molecule has 0 radical (unpaired) electrons. The molecular formula is C18H23F2NO3. The molecule has 3 rings (SSSR count). The van der Waals surface area contributed by atoms with Crippen LogP contribution in [0.25, 0.3) is 0 Å². The van der Waals surface area contributed by atoms with Gasteiger partial charge in [-0.2, -0.15) is 8.78 Å². The fourth-order valence-corrected chi connectivity index (χ4v) is 4.31. The second-order valence-electron chi connectivity index (χ2n) is 6.84. The fourth-order valence-electron chi connectivity index (χ4n) is 4.31. The van der Waals surface area contributed by atoms with Gasteiger partial charge in [0, 0.05) is 11.6 Å². The van der Waals surface area contributed by atoms with Crippen LogP contribution < -0.4 is 14.8 Å². The lowest BCUT2D eigenvalue weighted by atomic mass is 9.84. The minimum atomic E-state index is -2.93. The summed E-state index contributed by atoms with van der Waals surface area (Å²) in [5.41, 5.74) is 0.378. The maximum absolute atomic E-state index is 12.5. The van der Waals surface area contributed by atoms with Crippen LogP contribution in [0.15, 0.2) is 18.2 Å². The average molecular weight is 339 g/mol. The largest absolute Gasteiger partial charge is 0.493 e. The normalized spacial score (nSPS) is 26.5. The van der Waals surface area contributed by atoms with Crippen molar-refractivity contribution in [1.82, 2.24) is 5.32 Å². The van der Waals surface area contributed by atoms with Crippen LogP contribution in [0.2, 0.25) is 0 Å². The zero-order valence-corrected chi connectivity index (χ0v) is 13.9. The average Bonchev–Trinajstić information content (AvgIpc) is 3.17. The highest BCUT2D eigenvalue weighted by atomic mass is 19.3. The molecule has 0 aliphatic heterocycles. The highest BCUT2D eigenvalue weighted by Gasteiger charge is 2.42. The lowest BCUT2D eigenvalue weighted by Gasteiger charge is -2.28. The van der Waals surface area contributed by atoms with Crippen LogP contribution in [0, 0.1) is 17.8 Å². The molecule has 24 heavy (non-hydrogen) atoms. The lowest BCUT2D eigenvalue weighted by Crippen LogP contribution is -2.40. The number of rotatable bonds is 6. The number of amides is 1. The summed E-state index contributed by atoms with van der Waals surface area (Å²) in [5.74, 6) is 1.91. The molecule has 4 nitrogen and oxygen atoms in total. The van der Waals surface area contributed by atoms with Gasteiger partial charge in [0.05, 0.1) is 7.11 Å². The molecule has 6 heteroatoms. The Labute approximate surface area is 140 Å². The van der Waals surface area contributed by atoms with Gasteiger partial charge in [0.25, 0.3) is 5.91 Å². The Morgan fingerprint density at radius 2 is 2.04 bits per heavy atom. The van der Waals surface area contributed by atoms with Gasteiger partial charge in [-0.05, 0) is 62.1 Å². The topological polar surface area (TPSA) is 47.6 Å². The van der Waals surface area contributed by atoms with Gasteiger partial charge in [-0.1, -0.05) is 6.42 Å². The number of ether oxygens (including phenoxy) is 2. The van der Waals surface area contributed by atoms with E-state index in [4.69, 9.17) is 4.74 Å².